The maximum atomic E-state index is 5.78. The SMILES string of the molecule is CCn1cc(CN)c2c(C)nc(C(C)C)nc21. The number of hydrogen-bond acceptors (Lipinski definition) is 3. The van der Waals surface area contributed by atoms with Gasteiger partial charge in [-0.1, -0.05) is 13.8 Å². The molecule has 0 unspecified atom stereocenters. The highest BCUT2D eigenvalue weighted by Crippen LogP contribution is 2.24. The van der Waals surface area contributed by atoms with Crippen LogP contribution in [0, 0.1) is 6.92 Å². The van der Waals surface area contributed by atoms with Crippen molar-refractivity contribution in [1.29, 1.82) is 0 Å². The van der Waals surface area contributed by atoms with Crippen LogP contribution in [0.2, 0.25) is 0 Å². The molecule has 2 aromatic heterocycles. The third-order valence-electron chi connectivity index (χ3n) is 3.07. The number of fused-ring (bicyclic) bond motifs is 1. The highest BCUT2D eigenvalue weighted by molar-refractivity contribution is 5.83. The first kappa shape index (κ1) is 12.0. The number of aromatic nitrogens is 3. The van der Waals surface area contributed by atoms with Crippen LogP contribution < -0.4 is 5.73 Å². The van der Waals surface area contributed by atoms with E-state index in [2.05, 4.69) is 41.5 Å². The normalized spacial score (nSPS) is 11.6. The quantitative estimate of drug-likeness (QED) is 0.883. The van der Waals surface area contributed by atoms with E-state index in [1.54, 1.807) is 0 Å². The summed E-state index contributed by atoms with van der Waals surface area (Å²) in [5.74, 6) is 1.26. The van der Waals surface area contributed by atoms with E-state index in [0.717, 1.165) is 34.7 Å². The molecular formula is C13H20N4. The van der Waals surface area contributed by atoms with Crippen LogP contribution in [0.3, 0.4) is 0 Å². The Morgan fingerprint density at radius 1 is 1.35 bits per heavy atom. The molecule has 2 aromatic rings. The molecule has 0 radical (unpaired) electrons. The van der Waals surface area contributed by atoms with E-state index in [9.17, 15) is 0 Å². The summed E-state index contributed by atoms with van der Waals surface area (Å²) >= 11 is 0. The Balaban J connectivity index is 2.77. The molecule has 0 aliphatic heterocycles. The first-order chi connectivity index (χ1) is 8.08. The smallest absolute Gasteiger partial charge is 0.144 e. The molecule has 17 heavy (non-hydrogen) atoms. The average molecular weight is 232 g/mol. The molecule has 0 atom stereocenters. The second-order valence-electron chi connectivity index (χ2n) is 4.67. The highest BCUT2D eigenvalue weighted by atomic mass is 15.1. The minimum Gasteiger partial charge on any atom is -0.332 e. The summed E-state index contributed by atoms with van der Waals surface area (Å²) in [6, 6.07) is 0. The van der Waals surface area contributed by atoms with Crippen molar-refractivity contribution in [3.05, 3.63) is 23.3 Å². The zero-order valence-corrected chi connectivity index (χ0v) is 11.0. The monoisotopic (exact) mass is 232 g/mol. The maximum Gasteiger partial charge on any atom is 0.144 e. The Morgan fingerprint density at radius 3 is 2.59 bits per heavy atom. The van der Waals surface area contributed by atoms with Gasteiger partial charge in [0.25, 0.3) is 0 Å². The van der Waals surface area contributed by atoms with Crippen LogP contribution in [0.5, 0.6) is 0 Å². The Labute approximate surface area is 102 Å². The van der Waals surface area contributed by atoms with Crippen LogP contribution in [-0.4, -0.2) is 14.5 Å². The Bertz CT molecular complexity index is 540. The molecule has 2 heterocycles. The predicted octanol–water partition coefficient (Wildman–Crippen LogP) is 2.34. The van der Waals surface area contributed by atoms with Gasteiger partial charge in [-0.05, 0) is 19.4 Å². The Morgan fingerprint density at radius 2 is 2.06 bits per heavy atom. The standard InChI is InChI=1S/C13H20N4/c1-5-17-7-10(6-14)11-9(4)15-12(8(2)3)16-13(11)17/h7-8H,5-6,14H2,1-4H3. The molecule has 0 fully saturated rings. The fourth-order valence-electron chi connectivity index (χ4n) is 2.13. The van der Waals surface area contributed by atoms with Crippen LogP contribution in [0.15, 0.2) is 6.20 Å². The molecule has 0 aromatic carbocycles. The van der Waals surface area contributed by atoms with Gasteiger partial charge in [-0.25, -0.2) is 9.97 Å². The van der Waals surface area contributed by atoms with Crippen molar-refractivity contribution in [2.75, 3.05) is 0 Å². The minimum atomic E-state index is 0.347. The topological polar surface area (TPSA) is 56.7 Å². The fourth-order valence-corrected chi connectivity index (χ4v) is 2.13. The molecular weight excluding hydrogens is 212 g/mol. The highest BCUT2D eigenvalue weighted by Gasteiger charge is 2.14. The van der Waals surface area contributed by atoms with Gasteiger partial charge < -0.3 is 10.3 Å². The molecule has 92 valence electrons. The minimum absolute atomic E-state index is 0.347. The molecule has 0 aliphatic carbocycles. The van der Waals surface area contributed by atoms with Crippen molar-refractivity contribution < 1.29 is 0 Å². The molecule has 2 rings (SSSR count). The zero-order valence-electron chi connectivity index (χ0n) is 11.0. The first-order valence-corrected chi connectivity index (χ1v) is 6.14. The largest absolute Gasteiger partial charge is 0.332 e. The first-order valence-electron chi connectivity index (χ1n) is 6.14. The van der Waals surface area contributed by atoms with Crippen molar-refractivity contribution in [1.82, 2.24) is 14.5 Å². The lowest BCUT2D eigenvalue weighted by Gasteiger charge is -2.07. The van der Waals surface area contributed by atoms with E-state index in [0.29, 0.717) is 12.5 Å². The summed E-state index contributed by atoms with van der Waals surface area (Å²) in [6.07, 6.45) is 2.09. The van der Waals surface area contributed by atoms with Gasteiger partial charge in [0.1, 0.15) is 11.5 Å². The Hall–Kier alpha value is -1.42. The summed E-state index contributed by atoms with van der Waals surface area (Å²) in [7, 11) is 0. The third kappa shape index (κ3) is 1.93. The summed E-state index contributed by atoms with van der Waals surface area (Å²) in [5, 5.41) is 1.12. The zero-order chi connectivity index (χ0) is 12.6. The second kappa shape index (κ2) is 4.45. The number of nitrogens with two attached hydrogens (primary N) is 1. The summed E-state index contributed by atoms with van der Waals surface area (Å²) in [6.45, 7) is 9.83. The van der Waals surface area contributed by atoms with Gasteiger partial charge in [-0.15, -0.1) is 0 Å². The van der Waals surface area contributed by atoms with Crippen molar-refractivity contribution in [3.63, 3.8) is 0 Å². The van der Waals surface area contributed by atoms with Crippen LogP contribution in [-0.2, 0) is 13.1 Å². The number of nitrogens with zero attached hydrogens (tertiary/aromatic N) is 3. The molecule has 0 aliphatic rings. The lowest BCUT2D eigenvalue weighted by atomic mass is 10.1. The number of rotatable bonds is 3. The summed E-state index contributed by atoms with van der Waals surface area (Å²) in [5.41, 5.74) is 8.97. The average Bonchev–Trinajstić information content (AvgIpc) is 2.67. The van der Waals surface area contributed by atoms with E-state index >= 15 is 0 Å². The molecule has 2 N–H and O–H groups in total. The number of aryl methyl sites for hydroxylation is 2. The van der Waals surface area contributed by atoms with Crippen molar-refractivity contribution in [2.45, 2.75) is 46.7 Å². The van der Waals surface area contributed by atoms with Crippen LogP contribution in [0.25, 0.3) is 11.0 Å². The van der Waals surface area contributed by atoms with Gasteiger partial charge in [0, 0.05) is 30.6 Å². The van der Waals surface area contributed by atoms with E-state index in [1.165, 1.54) is 0 Å². The molecule has 4 nitrogen and oxygen atoms in total. The Kier molecular flexibility index (Phi) is 3.15. The van der Waals surface area contributed by atoms with Crippen molar-refractivity contribution in [3.8, 4) is 0 Å². The second-order valence-corrected chi connectivity index (χ2v) is 4.67. The van der Waals surface area contributed by atoms with Crippen LogP contribution in [0.1, 0.15) is 43.8 Å². The fraction of sp³-hybridized carbons (Fsp3) is 0.538. The van der Waals surface area contributed by atoms with Gasteiger partial charge in [0.15, 0.2) is 0 Å². The lowest BCUT2D eigenvalue weighted by Crippen LogP contribution is -2.03. The molecule has 0 saturated carbocycles. The maximum absolute atomic E-state index is 5.78. The number of hydrogen-bond donors (Lipinski definition) is 1. The summed E-state index contributed by atoms with van der Waals surface area (Å²) in [4.78, 5) is 9.25. The molecule has 0 spiro atoms. The molecule has 4 heteroatoms. The van der Waals surface area contributed by atoms with E-state index < -0.39 is 0 Å². The van der Waals surface area contributed by atoms with Gasteiger partial charge in [0.05, 0.1) is 5.69 Å². The molecule has 0 saturated heterocycles. The third-order valence-corrected chi connectivity index (χ3v) is 3.07. The van der Waals surface area contributed by atoms with Crippen molar-refractivity contribution >= 4 is 11.0 Å². The van der Waals surface area contributed by atoms with E-state index in [1.807, 2.05) is 6.92 Å². The lowest BCUT2D eigenvalue weighted by molar-refractivity contribution is 0.747. The predicted molar refractivity (Wildman–Crippen MR) is 69.9 cm³/mol. The van der Waals surface area contributed by atoms with Gasteiger partial charge in [-0.3, -0.25) is 0 Å². The van der Waals surface area contributed by atoms with Gasteiger partial charge in [-0.2, -0.15) is 0 Å². The molecule has 0 amide bonds. The van der Waals surface area contributed by atoms with Crippen molar-refractivity contribution in [2.24, 2.45) is 5.73 Å². The van der Waals surface area contributed by atoms with E-state index in [-0.39, 0.29) is 0 Å². The van der Waals surface area contributed by atoms with Crippen LogP contribution >= 0.6 is 0 Å². The van der Waals surface area contributed by atoms with Crippen LogP contribution in [0.4, 0.5) is 0 Å². The summed E-state index contributed by atoms with van der Waals surface area (Å²) < 4.78 is 2.15. The van der Waals surface area contributed by atoms with Gasteiger partial charge in [0.2, 0.25) is 0 Å². The van der Waals surface area contributed by atoms with Gasteiger partial charge >= 0.3 is 0 Å². The van der Waals surface area contributed by atoms with E-state index in [4.69, 9.17) is 5.73 Å². The molecule has 0 bridgehead atoms.